The molecule has 0 radical (unpaired) electrons. The highest BCUT2D eigenvalue weighted by Crippen LogP contribution is 2.19. The first-order valence-corrected chi connectivity index (χ1v) is 6.37. The quantitative estimate of drug-likeness (QED) is 0.735. The van der Waals surface area contributed by atoms with E-state index in [1.54, 1.807) is 6.20 Å². The van der Waals surface area contributed by atoms with E-state index in [0.29, 0.717) is 12.2 Å². The van der Waals surface area contributed by atoms with Crippen molar-refractivity contribution in [2.45, 2.75) is 6.42 Å². The minimum atomic E-state index is 0.348. The zero-order valence-corrected chi connectivity index (χ0v) is 10.8. The van der Waals surface area contributed by atoms with Crippen LogP contribution in [0.15, 0.2) is 54.7 Å². The summed E-state index contributed by atoms with van der Waals surface area (Å²) in [5, 5.41) is 3.20. The van der Waals surface area contributed by atoms with Crippen molar-refractivity contribution >= 4 is 28.8 Å². The predicted octanol–water partition coefficient (Wildman–Crippen LogP) is 3.11. The highest BCUT2D eigenvalue weighted by atomic mass is 16.1. The molecular formula is C16H13N3O. The molecule has 4 heteroatoms. The van der Waals surface area contributed by atoms with Crippen LogP contribution in [0.2, 0.25) is 0 Å². The van der Waals surface area contributed by atoms with Crippen molar-refractivity contribution < 1.29 is 4.79 Å². The normalized spacial score (nSPS) is 10.4. The standard InChI is InChI=1S/C16H13N3O/c20-10-9-12-5-4-8-14-16(12)19-15(11-17-14)18-13-6-2-1-3-7-13/h1-8,10-11H,9H2,(H,18,19). The summed E-state index contributed by atoms with van der Waals surface area (Å²) >= 11 is 0. The van der Waals surface area contributed by atoms with E-state index >= 15 is 0 Å². The molecule has 1 heterocycles. The van der Waals surface area contributed by atoms with E-state index in [-0.39, 0.29) is 0 Å². The molecule has 0 aliphatic heterocycles. The number of aromatic nitrogens is 2. The van der Waals surface area contributed by atoms with Crippen molar-refractivity contribution in [2.75, 3.05) is 5.32 Å². The number of carbonyl (C=O) groups excluding carboxylic acids is 1. The second-order valence-corrected chi connectivity index (χ2v) is 4.40. The van der Waals surface area contributed by atoms with Crippen LogP contribution < -0.4 is 5.32 Å². The van der Waals surface area contributed by atoms with Gasteiger partial charge in [0.05, 0.1) is 17.2 Å². The highest BCUT2D eigenvalue weighted by molar-refractivity contribution is 5.81. The molecule has 0 amide bonds. The molecule has 0 saturated carbocycles. The van der Waals surface area contributed by atoms with Crippen LogP contribution in [0.1, 0.15) is 5.56 Å². The molecule has 0 aliphatic carbocycles. The summed E-state index contributed by atoms with van der Waals surface area (Å²) in [6.07, 6.45) is 2.93. The number of nitrogens with zero attached hydrogens (tertiary/aromatic N) is 2. The number of aldehydes is 1. The van der Waals surface area contributed by atoms with Crippen LogP contribution in [-0.4, -0.2) is 16.3 Å². The molecule has 0 fully saturated rings. The van der Waals surface area contributed by atoms with Gasteiger partial charge in [-0.3, -0.25) is 4.98 Å². The molecule has 0 atom stereocenters. The number of para-hydroxylation sites is 2. The maximum absolute atomic E-state index is 10.7. The van der Waals surface area contributed by atoms with Crippen LogP contribution in [0, 0.1) is 0 Å². The lowest BCUT2D eigenvalue weighted by molar-refractivity contribution is -0.107. The third kappa shape index (κ3) is 2.49. The molecule has 0 unspecified atom stereocenters. The van der Waals surface area contributed by atoms with E-state index in [1.807, 2.05) is 48.5 Å². The minimum absolute atomic E-state index is 0.348. The van der Waals surface area contributed by atoms with Crippen LogP contribution in [0.4, 0.5) is 11.5 Å². The van der Waals surface area contributed by atoms with E-state index < -0.39 is 0 Å². The zero-order chi connectivity index (χ0) is 13.8. The molecule has 2 aromatic carbocycles. The van der Waals surface area contributed by atoms with E-state index in [4.69, 9.17) is 0 Å². The van der Waals surface area contributed by atoms with Crippen molar-refractivity contribution in [3.05, 3.63) is 60.3 Å². The van der Waals surface area contributed by atoms with Gasteiger partial charge in [0.2, 0.25) is 0 Å². The van der Waals surface area contributed by atoms with Crippen LogP contribution in [0.25, 0.3) is 11.0 Å². The molecule has 0 bridgehead atoms. The Bertz CT molecular complexity index is 741. The number of fused-ring (bicyclic) bond motifs is 1. The molecule has 4 nitrogen and oxygen atoms in total. The Morgan fingerprint density at radius 2 is 1.90 bits per heavy atom. The molecule has 1 N–H and O–H groups in total. The van der Waals surface area contributed by atoms with E-state index in [0.717, 1.165) is 28.6 Å². The Morgan fingerprint density at radius 1 is 1.05 bits per heavy atom. The molecule has 0 aliphatic rings. The number of anilines is 2. The van der Waals surface area contributed by atoms with Gasteiger partial charge >= 0.3 is 0 Å². The Balaban J connectivity index is 2.01. The van der Waals surface area contributed by atoms with Gasteiger partial charge in [-0.25, -0.2) is 4.98 Å². The van der Waals surface area contributed by atoms with Crippen molar-refractivity contribution in [3.63, 3.8) is 0 Å². The van der Waals surface area contributed by atoms with Gasteiger partial charge in [0.15, 0.2) is 0 Å². The fraction of sp³-hybridized carbons (Fsp3) is 0.0625. The Hall–Kier alpha value is -2.75. The first kappa shape index (κ1) is 12.3. The van der Waals surface area contributed by atoms with Gasteiger partial charge < -0.3 is 10.1 Å². The predicted molar refractivity (Wildman–Crippen MR) is 79.0 cm³/mol. The smallest absolute Gasteiger partial charge is 0.149 e. The number of benzene rings is 2. The second kappa shape index (κ2) is 5.48. The number of hydrogen-bond donors (Lipinski definition) is 1. The summed E-state index contributed by atoms with van der Waals surface area (Å²) in [4.78, 5) is 19.7. The number of hydrogen-bond acceptors (Lipinski definition) is 4. The lowest BCUT2D eigenvalue weighted by Crippen LogP contribution is -1.98. The van der Waals surface area contributed by atoms with Gasteiger partial charge in [0.25, 0.3) is 0 Å². The van der Waals surface area contributed by atoms with Crippen molar-refractivity contribution in [1.82, 2.24) is 9.97 Å². The number of nitrogens with one attached hydrogen (secondary N) is 1. The maximum atomic E-state index is 10.7. The molecule has 20 heavy (non-hydrogen) atoms. The van der Waals surface area contributed by atoms with Crippen molar-refractivity contribution in [1.29, 1.82) is 0 Å². The first-order chi connectivity index (χ1) is 9.86. The number of rotatable bonds is 4. The maximum Gasteiger partial charge on any atom is 0.149 e. The van der Waals surface area contributed by atoms with E-state index in [1.165, 1.54) is 0 Å². The summed E-state index contributed by atoms with van der Waals surface area (Å²) in [5.41, 5.74) is 3.40. The summed E-state index contributed by atoms with van der Waals surface area (Å²) in [6, 6.07) is 15.5. The number of carbonyl (C=O) groups is 1. The van der Waals surface area contributed by atoms with Crippen LogP contribution in [0.5, 0.6) is 0 Å². The van der Waals surface area contributed by atoms with Crippen LogP contribution in [0.3, 0.4) is 0 Å². The van der Waals surface area contributed by atoms with E-state index in [9.17, 15) is 4.79 Å². The van der Waals surface area contributed by atoms with Gasteiger partial charge in [-0.15, -0.1) is 0 Å². The average molecular weight is 263 g/mol. The third-order valence-electron chi connectivity index (χ3n) is 3.01. The van der Waals surface area contributed by atoms with E-state index in [2.05, 4.69) is 15.3 Å². The molecule has 3 rings (SSSR count). The molecule has 0 saturated heterocycles. The van der Waals surface area contributed by atoms with Gasteiger partial charge in [0.1, 0.15) is 12.1 Å². The summed E-state index contributed by atoms with van der Waals surface area (Å²) in [5.74, 6) is 0.669. The second-order valence-electron chi connectivity index (χ2n) is 4.40. The largest absolute Gasteiger partial charge is 0.339 e. The summed E-state index contributed by atoms with van der Waals surface area (Å²) in [7, 11) is 0. The highest BCUT2D eigenvalue weighted by Gasteiger charge is 2.05. The molecule has 1 aromatic heterocycles. The van der Waals surface area contributed by atoms with Gasteiger partial charge in [-0.05, 0) is 23.8 Å². The Labute approximate surface area is 116 Å². The van der Waals surface area contributed by atoms with Crippen LogP contribution in [-0.2, 0) is 11.2 Å². The fourth-order valence-electron chi connectivity index (χ4n) is 2.08. The third-order valence-corrected chi connectivity index (χ3v) is 3.01. The Morgan fingerprint density at radius 3 is 2.70 bits per heavy atom. The van der Waals surface area contributed by atoms with Crippen molar-refractivity contribution in [3.8, 4) is 0 Å². The average Bonchev–Trinajstić information content (AvgIpc) is 2.49. The minimum Gasteiger partial charge on any atom is -0.339 e. The van der Waals surface area contributed by atoms with Gasteiger partial charge in [0, 0.05) is 12.1 Å². The lowest BCUT2D eigenvalue weighted by Gasteiger charge is -2.07. The van der Waals surface area contributed by atoms with Crippen LogP contribution >= 0.6 is 0 Å². The summed E-state index contributed by atoms with van der Waals surface area (Å²) < 4.78 is 0. The molecule has 3 aromatic rings. The molecule has 98 valence electrons. The monoisotopic (exact) mass is 263 g/mol. The van der Waals surface area contributed by atoms with Gasteiger partial charge in [-0.2, -0.15) is 0 Å². The topological polar surface area (TPSA) is 54.9 Å². The lowest BCUT2D eigenvalue weighted by atomic mass is 10.1. The summed E-state index contributed by atoms with van der Waals surface area (Å²) in [6.45, 7) is 0. The van der Waals surface area contributed by atoms with Crippen molar-refractivity contribution in [2.24, 2.45) is 0 Å². The SMILES string of the molecule is O=CCc1cccc2ncc(Nc3ccccc3)nc12. The molecular weight excluding hydrogens is 250 g/mol. The Kier molecular flexibility index (Phi) is 3.37. The molecule has 0 spiro atoms. The van der Waals surface area contributed by atoms with Gasteiger partial charge in [-0.1, -0.05) is 30.3 Å². The fourth-order valence-corrected chi connectivity index (χ4v) is 2.08. The first-order valence-electron chi connectivity index (χ1n) is 6.37. The zero-order valence-electron chi connectivity index (χ0n) is 10.8.